The summed E-state index contributed by atoms with van der Waals surface area (Å²) in [7, 11) is 0. The Kier molecular flexibility index (Phi) is 12.9. The van der Waals surface area contributed by atoms with E-state index in [-0.39, 0.29) is 17.9 Å². The maximum absolute atomic E-state index is 14.0. The summed E-state index contributed by atoms with van der Waals surface area (Å²) in [5.74, 6) is -2.94. The molecular weight excluding hydrogens is 682 g/mol. The summed E-state index contributed by atoms with van der Waals surface area (Å²) >= 11 is 1.50. The zero-order chi connectivity index (χ0) is 36.4. The number of hydrogen-bond donors (Lipinski definition) is 3. The van der Waals surface area contributed by atoms with Gasteiger partial charge in [-0.05, 0) is 80.3 Å². The highest BCUT2D eigenvalue weighted by Gasteiger charge is 2.43. The van der Waals surface area contributed by atoms with Gasteiger partial charge < -0.3 is 25.1 Å². The molecule has 0 spiro atoms. The molecule has 6 rings (SSSR count). The Bertz CT molecular complexity index is 1730. The molecule has 2 aromatic carbocycles. The minimum Gasteiger partial charge on any atom is -0.475 e. The van der Waals surface area contributed by atoms with Crippen LogP contribution in [0.1, 0.15) is 64.9 Å². The summed E-state index contributed by atoms with van der Waals surface area (Å²) < 4.78 is 38.1. The van der Waals surface area contributed by atoms with Crippen LogP contribution < -0.4 is 10.6 Å². The Morgan fingerprint density at radius 3 is 2.29 bits per heavy atom. The predicted octanol–water partition coefficient (Wildman–Crippen LogP) is 6.80. The van der Waals surface area contributed by atoms with Crippen molar-refractivity contribution in [3.05, 3.63) is 94.8 Å². The smallest absolute Gasteiger partial charge is 0.475 e. The highest BCUT2D eigenvalue weighted by atomic mass is 32.1. The number of furan rings is 1. The van der Waals surface area contributed by atoms with Crippen LogP contribution in [0.2, 0.25) is 0 Å². The number of benzene rings is 2. The Labute approximate surface area is 299 Å². The van der Waals surface area contributed by atoms with Gasteiger partial charge in [0.15, 0.2) is 0 Å². The number of aryl methyl sites for hydroxylation is 1. The van der Waals surface area contributed by atoms with Crippen LogP contribution in [0.3, 0.4) is 0 Å². The van der Waals surface area contributed by atoms with E-state index in [0.29, 0.717) is 17.7 Å². The average Bonchev–Trinajstić information content (AvgIpc) is 3.88. The molecule has 51 heavy (non-hydrogen) atoms. The molecule has 274 valence electrons. The number of nitrogens with one attached hydrogen (secondary N) is 2. The fraction of sp³-hybridized carbons (Fsp3) is 0.447. The van der Waals surface area contributed by atoms with E-state index in [0.717, 1.165) is 81.5 Å². The van der Waals surface area contributed by atoms with Crippen molar-refractivity contribution >= 4 is 39.2 Å². The molecule has 1 aliphatic heterocycles. The average molecular weight is 727 g/mol. The predicted molar refractivity (Wildman–Crippen MR) is 191 cm³/mol. The minimum atomic E-state index is -5.08. The van der Waals surface area contributed by atoms with E-state index >= 15 is 0 Å². The van der Waals surface area contributed by atoms with E-state index < -0.39 is 17.7 Å². The molecule has 1 atom stereocenters. The van der Waals surface area contributed by atoms with Crippen LogP contribution in [0.4, 0.5) is 13.2 Å². The van der Waals surface area contributed by atoms with Crippen molar-refractivity contribution in [1.82, 2.24) is 20.4 Å². The van der Waals surface area contributed by atoms with E-state index in [2.05, 4.69) is 69.8 Å². The second-order valence-electron chi connectivity index (χ2n) is 13.4. The standard InChI is InChI=1S/C36H44N4O3S.C2HF3O2/c1-27-11-12-30-24-33(44-32(30)22-27)34(41)38-36(14-5-6-15-36)35(42)37-31(23-28-8-3-2-4-9-28)10-7-16-39-17-19-40(20-18-39)25-29-13-21-43-26-29;3-2(4,5)1(6)7/h2-4,8-9,11-13,21-22,24,26,31H,5-7,10,14-20,23,25H2,1H3,(H,37,42)(H,38,41);(H,6,7)/t31-;/m0./s1. The van der Waals surface area contributed by atoms with E-state index in [1.54, 1.807) is 6.26 Å². The summed E-state index contributed by atoms with van der Waals surface area (Å²) in [5, 5.41) is 14.8. The number of carbonyl (C=O) groups excluding carboxylic acids is 2. The fourth-order valence-corrected chi connectivity index (χ4v) is 7.79. The molecule has 4 aromatic rings. The first-order valence-corrected chi connectivity index (χ1v) is 18.2. The van der Waals surface area contributed by atoms with Crippen LogP contribution in [0.15, 0.2) is 77.6 Å². The van der Waals surface area contributed by atoms with E-state index in [9.17, 15) is 22.8 Å². The van der Waals surface area contributed by atoms with Gasteiger partial charge in [-0.1, -0.05) is 55.3 Å². The topological polar surface area (TPSA) is 115 Å². The van der Waals surface area contributed by atoms with Crippen LogP contribution in [-0.4, -0.2) is 83.2 Å². The van der Waals surface area contributed by atoms with Crippen molar-refractivity contribution in [3.8, 4) is 0 Å². The summed E-state index contributed by atoms with van der Waals surface area (Å²) in [6.45, 7) is 8.24. The minimum absolute atomic E-state index is 0.00829. The van der Waals surface area contributed by atoms with Gasteiger partial charge in [0.25, 0.3) is 5.91 Å². The number of thiophene rings is 1. The summed E-state index contributed by atoms with van der Waals surface area (Å²) in [4.78, 5) is 42.1. The Morgan fingerprint density at radius 1 is 0.961 bits per heavy atom. The molecule has 2 aromatic heterocycles. The van der Waals surface area contributed by atoms with E-state index in [1.165, 1.54) is 28.0 Å². The van der Waals surface area contributed by atoms with Gasteiger partial charge in [0.2, 0.25) is 5.91 Å². The third kappa shape index (κ3) is 10.9. The summed E-state index contributed by atoms with van der Waals surface area (Å²) in [6.07, 6.45) is 4.42. The zero-order valence-corrected chi connectivity index (χ0v) is 29.5. The third-order valence-corrected chi connectivity index (χ3v) is 10.6. The Hall–Kier alpha value is -4.20. The largest absolute Gasteiger partial charge is 0.490 e. The number of rotatable bonds is 12. The first-order chi connectivity index (χ1) is 24.4. The normalized spacial score (nSPS) is 17.0. The lowest BCUT2D eigenvalue weighted by Crippen LogP contribution is -2.59. The van der Waals surface area contributed by atoms with Gasteiger partial charge in [-0.2, -0.15) is 13.2 Å². The number of hydrogen-bond acceptors (Lipinski definition) is 7. The van der Waals surface area contributed by atoms with E-state index in [1.807, 2.05) is 24.5 Å². The van der Waals surface area contributed by atoms with Gasteiger partial charge in [-0.15, -0.1) is 11.3 Å². The second kappa shape index (κ2) is 17.3. The molecule has 3 heterocycles. The number of alkyl halides is 3. The Morgan fingerprint density at radius 2 is 1.65 bits per heavy atom. The molecule has 3 N–H and O–H groups in total. The van der Waals surface area contributed by atoms with Crippen molar-refractivity contribution in [3.63, 3.8) is 0 Å². The second-order valence-corrected chi connectivity index (χ2v) is 14.5. The highest BCUT2D eigenvalue weighted by Crippen LogP contribution is 2.32. The lowest BCUT2D eigenvalue weighted by Gasteiger charge is -2.35. The maximum Gasteiger partial charge on any atom is 0.490 e. The number of carbonyl (C=O) groups is 3. The molecule has 0 unspecified atom stereocenters. The van der Waals surface area contributed by atoms with Gasteiger partial charge >= 0.3 is 12.1 Å². The number of fused-ring (bicyclic) bond motifs is 1. The number of aliphatic carboxylic acids is 1. The molecule has 2 amide bonds. The maximum atomic E-state index is 14.0. The van der Waals surface area contributed by atoms with Gasteiger partial charge in [0.1, 0.15) is 5.54 Å². The highest BCUT2D eigenvalue weighted by molar-refractivity contribution is 7.20. The molecule has 1 saturated heterocycles. The lowest BCUT2D eigenvalue weighted by atomic mass is 9.94. The van der Waals surface area contributed by atoms with E-state index in [4.69, 9.17) is 14.3 Å². The number of piperazine rings is 1. The van der Waals surface area contributed by atoms with Crippen molar-refractivity contribution in [2.24, 2.45) is 0 Å². The molecule has 0 radical (unpaired) electrons. The van der Waals surface area contributed by atoms with Crippen molar-refractivity contribution in [1.29, 1.82) is 0 Å². The number of carboxylic acids is 1. The molecule has 1 aliphatic carbocycles. The molecule has 13 heteroatoms. The van der Waals surface area contributed by atoms with Gasteiger partial charge in [-0.25, -0.2) is 4.79 Å². The third-order valence-electron chi connectivity index (χ3n) is 9.52. The number of nitrogens with zero attached hydrogens (tertiary/aromatic N) is 2. The van der Waals surface area contributed by atoms with Crippen LogP contribution in [0, 0.1) is 6.92 Å². The van der Waals surface area contributed by atoms with Crippen molar-refractivity contribution in [2.45, 2.75) is 76.2 Å². The van der Waals surface area contributed by atoms with Crippen molar-refractivity contribution in [2.75, 3.05) is 32.7 Å². The van der Waals surface area contributed by atoms with Gasteiger partial charge in [0, 0.05) is 49.0 Å². The fourth-order valence-electron chi connectivity index (χ4n) is 6.74. The first kappa shape index (κ1) is 38.0. The number of halogens is 3. The quantitative estimate of drug-likeness (QED) is 0.147. The van der Waals surface area contributed by atoms with Crippen LogP contribution in [0.5, 0.6) is 0 Å². The van der Waals surface area contributed by atoms with Crippen molar-refractivity contribution < 1.29 is 37.1 Å². The molecule has 2 aliphatic rings. The molecule has 9 nitrogen and oxygen atoms in total. The summed E-state index contributed by atoms with van der Waals surface area (Å²) in [6, 6.07) is 20.7. The van der Waals surface area contributed by atoms with Crippen LogP contribution in [0.25, 0.3) is 10.1 Å². The first-order valence-electron chi connectivity index (χ1n) is 17.3. The molecule has 1 saturated carbocycles. The lowest BCUT2D eigenvalue weighted by molar-refractivity contribution is -0.192. The zero-order valence-electron chi connectivity index (χ0n) is 28.7. The van der Waals surface area contributed by atoms with Gasteiger partial charge in [-0.3, -0.25) is 14.5 Å². The monoisotopic (exact) mass is 726 g/mol. The van der Waals surface area contributed by atoms with Gasteiger partial charge in [0.05, 0.1) is 17.4 Å². The molecular formula is C38H45F3N4O5S. The van der Waals surface area contributed by atoms with Crippen LogP contribution in [-0.2, 0) is 22.6 Å². The molecule has 0 bridgehead atoms. The number of carboxylic acid groups (broad SMARTS) is 1. The molecule has 2 fully saturated rings. The SMILES string of the molecule is Cc1ccc2cc(C(=O)NC3(C(=O)N[C@@H](CCCN4CCN(Cc5ccoc5)CC4)Cc4ccccc4)CCCC3)sc2c1.O=C(O)C(F)(F)F. The summed E-state index contributed by atoms with van der Waals surface area (Å²) in [5.41, 5.74) is 2.77. The number of amides is 2. The van der Waals surface area contributed by atoms with Crippen LogP contribution >= 0.6 is 11.3 Å². The Balaban J connectivity index is 0.000000654.